The lowest BCUT2D eigenvalue weighted by Gasteiger charge is -2.27. The van der Waals surface area contributed by atoms with Gasteiger partial charge in [-0.1, -0.05) is 6.92 Å². The number of halogens is 3. The molecule has 0 aromatic heterocycles. The zero-order valence-corrected chi connectivity index (χ0v) is 11.4. The average molecular weight is 289 g/mol. The zero-order chi connectivity index (χ0) is 15.3. The van der Waals surface area contributed by atoms with Crippen molar-refractivity contribution in [2.24, 2.45) is 0 Å². The van der Waals surface area contributed by atoms with Gasteiger partial charge in [-0.2, -0.15) is 13.2 Å². The Morgan fingerprint density at radius 1 is 1.40 bits per heavy atom. The summed E-state index contributed by atoms with van der Waals surface area (Å²) in [6, 6.07) is 4.29. The third-order valence-corrected chi connectivity index (χ3v) is 2.72. The molecule has 7 heteroatoms. The van der Waals surface area contributed by atoms with E-state index in [1.807, 2.05) is 0 Å². The molecule has 1 aromatic carbocycles. The number of hydrogen-bond acceptors (Lipinski definition) is 3. The van der Waals surface area contributed by atoms with Crippen molar-refractivity contribution in [1.82, 2.24) is 5.32 Å². The topological polar surface area (TPSA) is 58.4 Å². The summed E-state index contributed by atoms with van der Waals surface area (Å²) < 4.78 is 37.7. The molecule has 0 unspecified atom stereocenters. The molecule has 3 N–H and O–H groups in total. The highest BCUT2D eigenvalue weighted by Gasteiger charge is 2.31. The van der Waals surface area contributed by atoms with Gasteiger partial charge in [-0.25, -0.2) is 0 Å². The normalized spacial score (nSPS) is 11.2. The first-order valence-corrected chi connectivity index (χ1v) is 6.21. The average Bonchev–Trinajstić information content (AvgIpc) is 2.35. The van der Waals surface area contributed by atoms with Crippen LogP contribution in [-0.2, 0) is 0 Å². The Morgan fingerprint density at radius 2 is 2.05 bits per heavy atom. The maximum absolute atomic E-state index is 12.6. The molecule has 0 spiro atoms. The molecule has 0 aliphatic rings. The number of alkyl halides is 3. The quantitative estimate of drug-likeness (QED) is 0.818. The van der Waals surface area contributed by atoms with E-state index in [2.05, 4.69) is 5.32 Å². The van der Waals surface area contributed by atoms with Gasteiger partial charge in [0.25, 0.3) is 5.91 Å². The van der Waals surface area contributed by atoms with E-state index in [0.29, 0.717) is 12.0 Å². The van der Waals surface area contributed by atoms with Crippen LogP contribution in [0.15, 0.2) is 18.2 Å². The van der Waals surface area contributed by atoms with E-state index in [0.717, 1.165) is 0 Å². The molecule has 112 valence electrons. The van der Waals surface area contributed by atoms with Crippen molar-refractivity contribution in [1.29, 1.82) is 0 Å². The van der Waals surface area contributed by atoms with Crippen molar-refractivity contribution in [2.45, 2.75) is 19.5 Å². The summed E-state index contributed by atoms with van der Waals surface area (Å²) in [5.41, 5.74) is 6.54. The highest BCUT2D eigenvalue weighted by Crippen LogP contribution is 2.28. The van der Waals surface area contributed by atoms with Crippen molar-refractivity contribution in [3.05, 3.63) is 23.8 Å². The molecule has 1 rings (SSSR count). The van der Waals surface area contributed by atoms with Crippen molar-refractivity contribution >= 4 is 17.3 Å². The van der Waals surface area contributed by atoms with E-state index >= 15 is 0 Å². The van der Waals surface area contributed by atoms with Crippen LogP contribution in [0.3, 0.4) is 0 Å². The molecule has 0 saturated heterocycles. The summed E-state index contributed by atoms with van der Waals surface area (Å²) in [6.07, 6.45) is -3.74. The number of carbonyl (C=O) groups is 1. The molecular formula is C13H18F3N3O. The minimum Gasteiger partial charge on any atom is -0.397 e. The van der Waals surface area contributed by atoms with E-state index in [1.54, 1.807) is 6.92 Å². The van der Waals surface area contributed by atoms with Crippen molar-refractivity contribution in [3.63, 3.8) is 0 Å². The molecule has 0 radical (unpaired) electrons. The highest BCUT2D eigenvalue weighted by molar-refractivity contribution is 5.96. The standard InChI is InChI=1S/C13H18F3N3O/c1-3-6-19(8-13(14,15)16)11-5-4-9(7-10(11)17)12(20)18-2/h4-5,7H,3,6,8,17H2,1-2H3,(H,18,20). The summed E-state index contributed by atoms with van der Waals surface area (Å²) in [6.45, 7) is 0.964. The monoisotopic (exact) mass is 289 g/mol. The lowest BCUT2D eigenvalue weighted by molar-refractivity contribution is -0.119. The number of benzene rings is 1. The highest BCUT2D eigenvalue weighted by atomic mass is 19.4. The number of nitrogen functional groups attached to an aromatic ring is 1. The number of hydrogen-bond donors (Lipinski definition) is 2. The van der Waals surface area contributed by atoms with Crippen LogP contribution in [0.5, 0.6) is 0 Å². The molecule has 0 aliphatic heterocycles. The summed E-state index contributed by atoms with van der Waals surface area (Å²) >= 11 is 0. The predicted molar refractivity (Wildman–Crippen MR) is 72.8 cm³/mol. The van der Waals surface area contributed by atoms with E-state index in [1.165, 1.54) is 30.1 Å². The van der Waals surface area contributed by atoms with Gasteiger partial charge < -0.3 is 16.0 Å². The SMILES string of the molecule is CCCN(CC(F)(F)F)c1ccc(C(=O)NC)cc1N. The molecule has 0 bridgehead atoms. The second-order valence-electron chi connectivity index (χ2n) is 4.39. The fourth-order valence-corrected chi connectivity index (χ4v) is 1.90. The Labute approximate surface area is 115 Å². The van der Waals surface area contributed by atoms with Crippen molar-refractivity contribution < 1.29 is 18.0 Å². The van der Waals surface area contributed by atoms with Crippen LogP contribution < -0.4 is 16.0 Å². The van der Waals surface area contributed by atoms with Crippen LogP contribution in [0.25, 0.3) is 0 Å². The Kier molecular flexibility index (Phi) is 5.24. The minimum absolute atomic E-state index is 0.156. The van der Waals surface area contributed by atoms with Gasteiger partial charge >= 0.3 is 6.18 Å². The number of anilines is 2. The molecule has 0 heterocycles. The van der Waals surface area contributed by atoms with Crippen LogP contribution in [0, 0.1) is 0 Å². The van der Waals surface area contributed by atoms with Gasteiger partial charge in [-0.05, 0) is 24.6 Å². The largest absolute Gasteiger partial charge is 0.405 e. The molecular weight excluding hydrogens is 271 g/mol. The molecule has 0 aliphatic carbocycles. The Bertz CT molecular complexity index is 474. The second kappa shape index (κ2) is 6.49. The third kappa shape index (κ3) is 4.32. The van der Waals surface area contributed by atoms with Crippen LogP contribution in [0.4, 0.5) is 24.5 Å². The smallest absolute Gasteiger partial charge is 0.397 e. The molecule has 0 fully saturated rings. The third-order valence-electron chi connectivity index (χ3n) is 2.72. The second-order valence-corrected chi connectivity index (χ2v) is 4.39. The van der Waals surface area contributed by atoms with Gasteiger partial charge in [0.2, 0.25) is 0 Å². The van der Waals surface area contributed by atoms with Crippen LogP contribution in [-0.4, -0.2) is 32.2 Å². The number of nitrogens with two attached hydrogens (primary N) is 1. The number of rotatable bonds is 5. The molecule has 1 amide bonds. The number of nitrogens with one attached hydrogen (secondary N) is 1. The van der Waals surface area contributed by atoms with Gasteiger partial charge in [0.15, 0.2) is 0 Å². The lowest BCUT2D eigenvalue weighted by Crippen LogP contribution is -2.35. The molecule has 20 heavy (non-hydrogen) atoms. The van der Waals surface area contributed by atoms with Gasteiger partial charge in [0.05, 0.1) is 11.4 Å². The van der Waals surface area contributed by atoms with E-state index in [4.69, 9.17) is 5.73 Å². The van der Waals surface area contributed by atoms with Crippen LogP contribution in [0.2, 0.25) is 0 Å². The summed E-state index contributed by atoms with van der Waals surface area (Å²) in [4.78, 5) is 12.6. The minimum atomic E-state index is -4.30. The Balaban J connectivity index is 3.05. The van der Waals surface area contributed by atoms with Gasteiger partial charge in [0, 0.05) is 19.2 Å². The fourth-order valence-electron chi connectivity index (χ4n) is 1.90. The predicted octanol–water partition coefficient (Wildman–Crippen LogP) is 2.41. The maximum atomic E-state index is 12.6. The van der Waals surface area contributed by atoms with Gasteiger partial charge in [0.1, 0.15) is 6.54 Å². The van der Waals surface area contributed by atoms with Crippen LogP contribution >= 0.6 is 0 Å². The van der Waals surface area contributed by atoms with Crippen LogP contribution in [0.1, 0.15) is 23.7 Å². The van der Waals surface area contributed by atoms with Gasteiger partial charge in [-0.15, -0.1) is 0 Å². The molecule has 1 aromatic rings. The molecule has 0 atom stereocenters. The maximum Gasteiger partial charge on any atom is 0.405 e. The Hall–Kier alpha value is -1.92. The number of carbonyl (C=O) groups excluding carboxylic acids is 1. The number of nitrogens with zero attached hydrogens (tertiary/aromatic N) is 1. The molecule has 4 nitrogen and oxygen atoms in total. The summed E-state index contributed by atoms with van der Waals surface area (Å²) in [7, 11) is 1.47. The summed E-state index contributed by atoms with van der Waals surface area (Å²) in [5.74, 6) is -0.332. The van der Waals surface area contributed by atoms with Crippen molar-refractivity contribution in [3.8, 4) is 0 Å². The van der Waals surface area contributed by atoms with Crippen molar-refractivity contribution in [2.75, 3.05) is 30.8 Å². The summed E-state index contributed by atoms with van der Waals surface area (Å²) in [5, 5.41) is 2.43. The van der Waals surface area contributed by atoms with E-state index in [9.17, 15) is 18.0 Å². The van der Waals surface area contributed by atoms with E-state index < -0.39 is 12.7 Å². The fraction of sp³-hybridized carbons (Fsp3) is 0.462. The van der Waals surface area contributed by atoms with E-state index in [-0.39, 0.29) is 23.8 Å². The Morgan fingerprint density at radius 3 is 2.50 bits per heavy atom. The first-order chi connectivity index (χ1) is 9.28. The first-order valence-electron chi connectivity index (χ1n) is 6.21. The lowest BCUT2D eigenvalue weighted by atomic mass is 10.1. The zero-order valence-electron chi connectivity index (χ0n) is 11.4. The number of amides is 1. The van der Waals surface area contributed by atoms with Gasteiger partial charge in [-0.3, -0.25) is 4.79 Å². The molecule has 0 saturated carbocycles. The first kappa shape index (κ1) is 16.1.